The third kappa shape index (κ3) is 7.39. The standard InChI is InChI=1S/C60H9F19N12/c61-37-31-27-15-1-2-16(84-15)28(34-39(63)47(71)53(77)48(72)40(34)64)56-12-5-19-20(87-23(9-81)22(8-80)86-19)6-13(12)57(90-56)29(35-41(65)49(73)54(78)50(74)42(35)66)17-3-4-18(85-17)30(36-43(67)51(75)55(79)52(76)44(36)68)58-14-7-21-59(89-25(11-83)24(10-82)88-21)33(26(14)60(27)91-58)32(31)38(62)46(70)45(37)69/h1-7,84-85H. The Hall–Kier alpha value is -12.3. The van der Waals surface area contributed by atoms with Gasteiger partial charge in [0.2, 0.25) is 17.5 Å². The second kappa shape index (κ2) is 19.4. The van der Waals surface area contributed by atoms with Crippen molar-refractivity contribution in [3.8, 4) is 80.2 Å². The van der Waals surface area contributed by atoms with E-state index in [2.05, 4.69) is 39.9 Å². The van der Waals surface area contributed by atoms with Gasteiger partial charge in [0.15, 0.2) is 116 Å². The number of fused-ring (bicyclic) bond motifs is 18. The molecule has 0 aliphatic carbocycles. The monoisotopic (exact) mass is 1260 g/mol. The third-order valence-electron chi connectivity index (χ3n) is 15.2. The number of hydrogen-bond acceptors (Lipinski definition) is 10. The first-order valence-electron chi connectivity index (χ1n) is 25.0. The first-order valence-corrected chi connectivity index (χ1v) is 25.0. The molecule has 1 aliphatic rings. The van der Waals surface area contributed by atoms with Crippen molar-refractivity contribution < 1.29 is 83.4 Å². The Labute approximate surface area is 486 Å². The van der Waals surface area contributed by atoms with Crippen LogP contribution in [0.4, 0.5) is 83.4 Å². The molecule has 7 aromatic carbocycles. The van der Waals surface area contributed by atoms with Gasteiger partial charge in [0.1, 0.15) is 24.3 Å². The lowest BCUT2D eigenvalue weighted by Crippen LogP contribution is -2.05. The number of benzene rings is 7. The van der Waals surface area contributed by atoms with Gasteiger partial charge in [-0.2, -0.15) is 21.0 Å². The molecule has 91 heavy (non-hydrogen) atoms. The number of rotatable bonds is 3. The molecular formula is C60H9F19N12. The summed E-state index contributed by atoms with van der Waals surface area (Å²) < 4.78 is 308. The fourth-order valence-electron chi connectivity index (χ4n) is 11.4. The van der Waals surface area contributed by atoms with Crippen molar-refractivity contribution >= 4 is 87.5 Å². The molecule has 0 radical (unpaired) electrons. The van der Waals surface area contributed by atoms with Crippen LogP contribution in [0.5, 0.6) is 0 Å². The second-order valence-corrected chi connectivity index (χ2v) is 19.7. The van der Waals surface area contributed by atoms with E-state index >= 15 is 83.4 Å². The van der Waals surface area contributed by atoms with Gasteiger partial charge in [0.25, 0.3) is 0 Å². The highest BCUT2D eigenvalue weighted by Gasteiger charge is 2.38. The van der Waals surface area contributed by atoms with Gasteiger partial charge in [0.05, 0.1) is 61.2 Å². The minimum atomic E-state index is -2.82. The number of nitrogens with zero attached hydrogens (tertiary/aromatic N) is 10. The summed E-state index contributed by atoms with van der Waals surface area (Å²) in [6.45, 7) is 0. The number of aromatic nitrogens is 8. The van der Waals surface area contributed by atoms with E-state index in [1.165, 1.54) is 12.1 Å². The third-order valence-corrected chi connectivity index (χ3v) is 15.2. The molecule has 1 aliphatic heterocycles. The summed E-state index contributed by atoms with van der Waals surface area (Å²) in [4.78, 5) is 29.7. The van der Waals surface area contributed by atoms with Crippen LogP contribution in [0.25, 0.3) is 143 Å². The van der Waals surface area contributed by atoms with Crippen LogP contribution in [0.2, 0.25) is 0 Å². The lowest BCUT2D eigenvalue weighted by atomic mass is 9.93. The molecule has 2 N–H and O–H groups in total. The van der Waals surface area contributed by atoms with Crippen LogP contribution in [0.1, 0.15) is 22.8 Å². The van der Waals surface area contributed by atoms with Crippen molar-refractivity contribution in [1.29, 1.82) is 21.0 Å². The molecule has 12 nitrogen and oxygen atoms in total. The van der Waals surface area contributed by atoms with E-state index in [0.717, 1.165) is 18.2 Å². The number of H-pyrrole nitrogens is 2. The van der Waals surface area contributed by atoms with Gasteiger partial charge in [-0.3, -0.25) is 0 Å². The summed E-state index contributed by atoms with van der Waals surface area (Å²) in [6, 6.07) is 10.9. The Morgan fingerprint density at radius 3 is 1.01 bits per heavy atom. The molecule has 14 rings (SSSR count). The maximum absolute atomic E-state index is 17.3. The highest BCUT2D eigenvalue weighted by molar-refractivity contribution is 6.39. The molecule has 0 spiro atoms. The molecule has 0 amide bonds. The topological polar surface area (TPSA) is 204 Å². The quantitative estimate of drug-likeness (QED) is 0.0741. The van der Waals surface area contributed by atoms with Gasteiger partial charge in [-0.15, -0.1) is 0 Å². The lowest BCUT2D eigenvalue weighted by molar-refractivity contribution is 0.381. The second-order valence-electron chi connectivity index (χ2n) is 19.7. The van der Waals surface area contributed by atoms with E-state index in [1.54, 1.807) is 12.1 Å². The van der Waals surface area contributed by atoms with Crippen molar-refractivity contribution in [2.75, 3.05) is 0 Å². The van der Waals surface area contributed by atoms with Crippen molar-refractivity contribution in [2.24, 2.45) is 0 Å². The Morgan fingerprint density at radius 1 is 0.264 bits per heavy atom. The Bertz CT molecular complexity index is 5950. The largest absolute Gasteiger partial charge is 0.354 e. The Balaban J connectivity index is 1.38. The lowest BCUT2D eigenvalue weighted by Gasteiger charge is -2.13. The van der Waals surface area contributed by atoms with Crippen LogP contribution in [0.15, 0.2) is 42.5 Å². The van der Waals surface area contributed by atoms with Crippen LogP contribution in [0.3, 0.4) is 0 Å². The fourth-order valence-corrected chi connectivity index (χ4v) is 11.4. The van der Waals surface area contributed by atoms with Crippen LogP contribution in [-0.2, 0) is 0 Å². The molecular weight excluding hydrogens is 1250 g/mol. The number of nitrogens with one attached hydrogen (secondary N) is 2. The SMILES string of the molecule is N#Cc1nc2cc3c(cc2nc1C#N)-c1nc-3c(-c2c(F)c(F)c(F)c(F)c2F)c2ccc([nH]2)c(-c2c(F)c(F)c(F)c(F)c2F)c2nc3c(c4ccc([nH]4)c1-c1c(F)c(F)c(F)c(F)c1F)c1c(F)c(F)c(F)c(F)c1c1c4nc(C#N)c(C#N)nc4cc2c31. The summed E-state index contributed by atoms with van der Waals surface area (Å²) >= 11 is 0. The molecule has 7 heterocycles. The average molecular weight is 1260 g/mol. The Kier molecular flexibility index (Phi) is 12.0. The molecule has 442 valence electrons. The number of aromatic amines is 2. The van der Waals surface area contributed by atoms with E-state index in [0.29, 0.717) is 24.3 Å². The van der Waals surface area contributed by atoms with Crippen LogP contribution < -0.4 is 0 Å². The van der Waals surface area contributed by atoms with Gasteiger partial charge in [-0.05, 0) is 42.5 Å². The van der Waals surface area contributed by atoms with Crippen molar-refractivity contribution in [2.45, 2.75) is 0 Å². The zero-order valence-electron chi connectivity index (χ0n) is 43.2. The zero-order valence-corrected chi connectivity index (χ0v) is 43.2. The van der Waals surface area contributed by atoms with E-state index < -0.39 is 277 Å². The van der Waals surface area contributed by atoms with E-state index in [-0.39, 0.29) is 0 Å². The molecule has 8 bridgehead atoms. The molecule has 6 aromatic heterocycles. The molecule has 0 atom stereocenters. The van der Waals surface area contributed by atoms with Crippen molar-refractivity contribution in [3.05, 3.63) is 176 Å². The number of halogens is 19. The zero-order chi connectivity index (χ0) is 64.7. The molecule has 0 saturated carbocycles. The van der Waals surface area contributed by atoms with E-state index in [9.17, 15) is 21.0 Å². The highest BCUT2D eigenvalue weighted by atomic mass is 19.2. The summed E-state index contributed by atoms with van der Waals surface area (Å²) in [5, 5.41) is 33.4. The average Bonchev–Trinajstić information content (AvgIpc) is 1.62. The van der Waals surface area contributed by atoms with E-state index in [4.69, 9.17) is 0 Å². The Morgan fingerprint density at radius 2 is 0.593 bits per heavy atom. The van der Waals surface area contributed by atoms with Gasteiger partial charge in [-0.25, -0.2) is 113 Å². The van der Waals surface area contributed by atoms with Crippen molar-refractivity contribution in [3.63, 3.8) is 0 Å². The summed E-state index contributed by atoms with van der Waals surface area (Å²) in [6.07, 6.45) is 0. The summed E-state index contributed by atoms with van der Waals surface area (Å²) in [5.41, 5.74) is -26.7. The normalized spacial score (nSPS) is 11.9. The minimum Gasteiger partial charge on any atom is -0.354 e. The van der Waals surface area contributed by atoms with Gasteiger partial charge in [0, 0.05) is 82.2 Å². The number of nitriles is 4. The highest BCUT2D eigenvalue weighted by Crippen LogP contribution is 2.53. The van der Waals surface area contributed by atoms with Gasteiger partial charge < -0.3 is 9.97 Å². The minimum absolute atomic E-state index is 0.551. The maximum Gasteiger partial charge on any atom is 0.200 e. The molecule has 31 heteroatoms. The van der Waals surface area contributed by atoms with Gasteiger partial charge in [-0.1, -0.05) is 0 Å². The first-order chi connectivity index (χ1) is 43.4. The van der Waals surface area contributed by atoms with Crippen LogP contribution >= 0.6 is 0 Å². The summed E-state index contributed by atoms with van der Waals surface area (Å²) in [5.74, 6) is -51.1. The predicted molar refractivity (Wildman–Crippen MR) is 278 cm³/mol. The predicted octanol–water partition coefficient (Wildman–Crippen LogP) is 15.8. The first kappa shape index (κ1) is 56.6. The maximum atomic E-state index is 17.3. The number of hydrogen-bond donors (Lipinski definition) is 2. The van der Waals surface area contributed by atoms with Gasteiger partial charge >= 0.3 is 0 Å². The molecule has 0 fully saturated rings. The summed E-state index contributed by atoms with van der Waals surface area (Å²) in [7, 11) is 0. The molecule has 0 unspecified atom stereocenters. The smallest absolute Gasteiger partial charge is 0.200 e. The fraction of sp³-hybridized carbons (Fsp3) is 0. The van der Waals surface area contributed by atoms with Crippen LogP contribution in [0, 0.1) is 156 Å². The molecule has 13 aromatic rings. The van der Waals surface area contributed by atoms with Crippen LogP contribution in [-0.4, -0.2) is 39.9 Å². The van der Waals surface area contributed by atoms with Crippen molar-refractivity contribution in [1.82, 2.24) is 39.9 Å². The molecule has 0 saturated heterocycles. The van der Waals surface area contributed by atoms with E-state index in [1.807, 2.05) is 0 Å².